The SMILES string of the molecule is CO[C@@H]1CN(C)C(=O)c2ccc(NC(C)=O)cc2OC[C@H](C)N(Cc2cc(F)ccc2F)C[C@@H]1C. The molecule has 0 saturated carbocycles. The van der Waals surface area contributed by atoms with E-state index in [0.29, 0.717) is 30.1 Å². The van der Waals surface area contributed by atoms with Gasteiger partial charge in [0.2, 0.25) is 5.91 Å². The zero-order chi connectivity index (χ0) is 25.7. The van der Waals surface area contributed by atoms with Crippen LogP contribution < -0.4 is 10.1 Å². The number of methoxy groups -OCH3 is 1. The van der Waals surface area contributed by atoms with Crippen LogP contribution in [0.25, 0.3) is 0 Å². The monoisotopic (exact) mass is 489 g/mol. The molecule has 3 atom stereocenters. The number of carbonyl (C=O) groups is 2. The minimum absolute atomic E-state index is 0.0182. The maximum Gasteiger partial charge on any atom is 0.257 e. The lowest BCUT2D eigenvalue weighted by Crippen LogP contribution is -2.46. The van der Waals surface area contributed by atoms with Crippen molar-refractivity contribution in [3.05, 3.63) is 59.2 Å². The van der Waals surface area contributed by atoms with Gasteiger partial charge in [0, 0.05) is 64.1 Å². The molecule has 0 spiro atoms. The molecule has 2 amide bonds. The second-order valence-electron chi connectivity index (χ2n) is 9.15. The van der Waals surface area contributed by atoms with Crippen molar-refractivity contribution in [2.45, 2.75) is 39.5 Å². The molecule has 35 heavy (non-hydrogen) atoms. The molecule has 1 aliphatic rings. The van der Waals surface area contributed by atoms with Gasteiger partial charge < -0.3 is 19.7 Å². The van der Waals surface area contributed by atoms with Gasteiger partial charge in [0.1, 0.15) is 24.0 Å². The van der Waals surface area contributed by atoms with Crippen molar-refractivity contribution in [2.75, 3.05) is 39.2 Å². The number of carbonyl (C=O) groups excluding carboxylic acids is 2. The average Bonchev–Trinajstić information content (AvgIpc) is 2.81. The topological polar surface area (TPSA) is 71.1 Å². The number of nitrogens with zero attached hydrogens (tertiary/aromatic N) is 2. The molecular formula is C26H33F2N3O4. The first-order valence-corrected chi connectivity index (χ1v) is 11.6. The minimum Gasteiger partial charge on any atom is -0.491 e. The molecule has 0 saturated heterocycles. The zero-order valence-corrected chi connectivity index (χ0v) is 20.8. The Hall–Kier alpha value is -3.04. The number of anilines is 1. The van der Waals surface area contributed by atoms with Crippen LogP contribution >= 0.6 is 0 Å². The lowest BCUT2D eigenvalue weighted by atomic mass is 10.0. The van der Waals surface area contributed by atoms with Crippen molar-refractivity contribution in [2.24, 2.45) is 5.92 Å². The van der Waals surface area contributed by atoms with E-state index in [1.165, 1.54) is 13.0 Å². The molecule has 7 nitrogen and oxygen atoms in total. The number of ether oxygens (including phenoxy) is 2. The first-order chi connectivity index (χ1) is 16.6. The normalized spacial score (nSPS) is 22.0. The largest absolute Gasteiger partial charge is 0.491 e. The van der Waals surface area contributed by atoms with Crippen LogP contribution in [0.1, 0.15) is 36.7 Å². The second kappa shape index (κ2) is 11.6. The van der Waals surface area contributed by atoms with Gasteiger partial charge >= 0.3 is 0 Å². The Morgan fingerprint density at radius 3 is 2.60 bits per heavy atom. The van der Waals surface area contributed by atoms with Gasteiger partial charge in [-0.05, 0) is 43.2 Å². The summed E-state index contributed by atoms with van der Waals surface area (Å²) < 4.78 is 40.1. The van der Waals surface area contributed by atoms with Gasteiger partial charge in [-0.3, -0.25) is 14.5 Å². The number of nitrogens with one attached hydrogen (secondary N) is 1. The molecule has 0 aliphatic carbocycles. The van der Waals surface area contributed by atoms with Crippen LogP contribution in [0.3, 0.4) is 0 Å². The van der Waals surface area contributed by atoms with Gasteiger partial charge in [-0.25, -0.2) is 8.78 Å². The van der Waals surface area contributed by atoms with Crippen LogP contribution in [0.15, 0.2) is 36.4 Å². The van der Waals surface area contributed by atoms with Crippen molar-refractivity contribution >= 4 is 17.5 Å². The van der Waals surface area contributed by atoms with Crippen molar-refractivity contribution < 1.29 is 27.8 Å². The van der Waals surface area contributed by atoms with E-state index in [4.69, 9.17) is 9.47 Å². The number of fused-ring (bicyclic) bond motifs is 1. The number of rotatable bonds is 4. The van der Waals surface area contributed by atoms with Crippen LogP contribution in [0.4, 0.5) is 14.5 Å². The Labute approximate surface area is 205 Å². The molecule has 0 radical (unpaired) electrons. The summed E-state index contributed by atoms with van der Waals surface area (Å²) in [7, 11) is 3.29. The van der Waals surface area contributed by atoms with E-state index in [0.717, 1.165) is 12.1 Å². The third kappa shape index (κ3) is 6.76. The van der Waals surface area contributed by atoms with Crippen molar-refractivity contribution in [1.29, 1.82) is 0 Å². The molecule has 0 fully saturated rings. The molecule has 0 aromatic heterocycles. The number of benzene rings is 2. The molecule has 2 aromatic rings. The summed E-state index contributed by atoms with van der Waals surface area (Å²) >= 11 is 0. The average molecular weight is 490 g/mol. The van der Waals surface area contributed by atoms with Gasteiger partial charge in [0.15, 0.2) is 0 Å². The first-order valence-electron chi connectivity index (χ1n) is 11.6. The van der Waals surface area contributed by atoms with Crippen LogP contribution in [0, 0.1) is 17.6 Å². The lowest BCUT2D eigenvalue weighted by Gasteiger charge is -2.36. The fourth-order valence-corrected chi connectivity index (χ4v) is 4.23. The maximum atomic E-state index is 14.4. The van der Waals surface area contributed by atoms with Crippen LogP contribution in [0.2, 0.25) is 0 Å². The van der Waals surface area contributed by atoms with Gasteiger partial charge in [0.05, 0.1) is 11.7 Å². The van der Waals surface area contributed by atoms with E-state index in [-0.39, 0.29) is 48.6 Å². The van der Waals surface area contributed by atoms with E-state index < -0.39 is 11.6 Å². The zero-order valence-electron chi connectivity index (χ0n) is 20.8. The summed E-state index contributed by atoms with van der Waals surface area (Å²) in [5.41, 5.74) is 1.12. The Morgan fingerprint density at radius 1 is 1.17 bits per heavy atom. The highest BCUT2D eigenvalue weighted by Crippen LogP contribution is 2.27. The van der Waals surface area contributed by atoms with E-state index in [9.17, 15) is 18.4 Å². The highest BCUT2D eigenvalue weighted by atomic mass is 19.1. The van der Waals surface area contributed by atoms with Gasteiger partial charge in [-0.1, -0.05) is 6.92 Å². The molecule has 0 unspecified atom stereocenters. The lowest BCUT2D eigenvalue weighted by molar-refractivity contribution is -0.114. The first kappa shape index (κ1) is 26.6. The molecule has 2 aromatic carbocycles. The van der Waals surface area contributed by atoms with Crippen molar-refractivity contribution in [3.63, 3.8) is 0 Å². The molecule has 1 heterocycles. The van der Waals surface area contributed by atoms with Crippen molar-refractivity contribution in [1.82, 2.24) is 9.80 Å². The third-order valence-corrected chi connectivity index (χ3v) is 6.28. The predicted octanol–water partition coefficient (Wildman–Crippen LogP) is 3.93. The van der Waals surface area contributed by atoms with E-state index in [2.05, 4.69) is 5.32 Å². The van der Waals surface area contributed by atoms with E-state index in [1.807, 2.05) is 18.7 Å². The third-order valence-electron chi connectivity index (χ3n) is 6.28. The molecule has 190 valence electrons. The van der Waals surface area contributed by atoms with E-state index in [1.54, 1.807) is 37.3 Å². The summed E-state index contributed by atoms with van der Waals surface area (Å²) in [6.45, 7) is 6.56. The van der Waals surface area contributed by atoms with Gasteiger partial charge in [0.25, 0.3) is 5.91 Å². The van der Waals surface area contributed by atoms with Crippen LogP contribution in [-0.4, -0.2) is 67.6 Å². The molecule has 1 N–H and O–H groups in total. The minimum atomic E-state index is -0.498. The number of hydrogen-bond acceptors (Lipinski definition) is 5. The van der Waals surface area contributed by atoms with Gasteiger partial charge in [-0.15, -0.1) is 0 Å². The van der Waals surface area contributed by atoms with Crippen LogP contribution in [0.5, 0.6) is 5.75 Å². The predicted molar refractivity (Wildman–Crippen MR) is 129 cm³/mol. The standard InChI is InChI=1S/C26H33F2N3O4/c1-16-12-31(13-19-10-20(27)6-9-23(19)28)17(2)15-35-24-11-21(29-18(3)32)7-8-22(24)26(33)30(4)14-25(16)34-5/h6-11,16-17,25H,12-15H2,1-5H3,(H,29,32)/t16-,17-,25+/m0/s1. The smallest absolute Gasteiger partial charge is 0.257 e. The fraction of sp³-hybridized carbons (Fsp3) is 0.462. The quantitative estimate of drug-likeness (QED) is 0.705. The highest BCUT2D eigenvalue weighted by Gasteiger charge is 2.29. The molecular weight excluding hydrogens is 456 g/mol. The summed E-state index contributed by atoms with van der Waals surface area (Å²) in [5, 5.41) is 2.70. The summed E-state index contributed by atoms with van der Waals surface area (Å²) in [6.07, 6.45) is -0.279. The molecule has 1 aliphatic heterocycles. The Balaban J connectivity index is 1.97. The highest BCUT2D eigenvalue weighted by molar-refractivity contribution is 5.98. The number of halogens is 2. The summed E-state index contributed by atoms with van der Waals surface area (Å²) in [4.78, 5) is 28.3. The van der Waals surface area contributed by atoms with Gasteiger partial charge in [-0.2, -0.15) is 0 Å². The van der Waals surface area contributed by atoms with Crippen LogP contribution in [-0.2, 0) is 16.1 Å². The Morgan fingerprint density at radius 2 is 1.91 bits per heavy atom. The molecule has 9 heteroatoms. The summed E-state index contributed by atoms with van der Waals surface area (Å²) in [6, 6.07) is 8.13. The number of likely N-dealkylation sites (N-methyl/N-ethyl adjacent to an activating group) is 1. The second-order valence-corrected chi connectivity index (χ2v) is 9.15. The summed E-state index contributed by atoms with van der Waals surface area (Å²) in [5.74, 6) is -1.13. The Bertz CT molecular complexity index is 1060. The van der Waals surface area contributed by atoms with E-state index >= 15 is 0 Å². The Kier molecular flexibility index (Phi) is 8.80. The molecule has 0 bridgehead atoms. The fourth-order valence-electron chi connectivity index (χ4n) is 4.23. The number of hydrogen-bond donors (Lipinski definition) is 1. The number of amides is 2. The molecule has 3 rings (SSSR count). The van der Waals surface area contributed by atoms with Crippen molar-refractivity contribution in [3.8, 4) is 5.75 Å². The maximum absolute atomic E-state index is 14.4.